The predicted octanol–water partition coefficient (Wildman–Crippen LogP) is 2.44. The van der Waals surface area contributed by atoms with Gasteiger partial charge in [0.2, 0.25) is 0 Å². The number of likely N-dealkylation sites (tertiary alicyclic amines) is 1. The van der Waals surface area contributed by atoms with Crippen LogP contribution in [0.1, 0.15) is 31.7 Å². The van der Waals surface area contributed by atoms with E-state index in [0.717, 1.165) is 4.47 Å². The number of hydrogen-bond donors (Lipinski definition) is 0. The molecule has 0 amide bonds. The average Bonchev–Trinajstić information content (AvgIpc) is 2.86. The molecule has 1 atom stereocenters. The SMILES string of the molecule is CN1CC[C@@H](n2cc(Br)cn2)CC12CC2. The van der Waals surface area contributed by atoms with E-state index in [1.807, 2.05) is 6.20 Å². The Bertz CT molecular complexity index is 370. The second kappa shape index (κ2) is 3.32. The third-order valence-electron chi connectivity index (χ3n) is 3.99. The third-order valence-corrected chi connectivity index (χ3v) is 4.40. The van der Waals surface area contributed by atoms with Gasteiger partial charge in [0.1, 0.15) is 0 Å². The van der Waals surface area contributed by atoms with Gasteiger partial charge in [0.25, 0.3) is 0 Å². The van der Waals surface area contributed by atoms with Gasteiger partial charge in [-0.25, -0.2) is 0 Å². The van der Waals surface area contributed by atoms with E-state index >= 15 is 0 Å². The minimum absolute atomic E-state index is 0.529. The molecule has 0 aromatic carbocycles. The average molecular weight is 270 g/mol. The van der Waals surface area contributed by atoms with E-state index in [9.17, 15) is 0 Å². The molecule has 0 unspecified atom stereocenters. The van der Waals surface area contributed by atoms with Crippen molar-refractivity contribution < 1.29 is 0 Å². The summed E-state index contributed by atoms with van der Waals surface area (Å²) in [4.78, 5) is 2.54. The van der Waals surface area contributed by atoms with Crippen LogP contribution in [0.3, 0.4) is 0 Å². The molecule has 1 aliphatic heterocycles. The van der Waals surface area contributed by atoms with Crippen molar-refractivity contribution in [1.82, 2.24) is 14.7 Å². The molecule has 0 N–H and O–H groups in total. The molecule has 1 saturated carbocycles. The monoisotopic (exact) mass is 269 g/mol. The minimum atomic E-state index is 0.529. The Morgan fingerprint density at radius 1 is 1.53 bits per heavy atom. The van der Waals surface area contributed by atoms with E-state index in [-0.39, 0.29) is 0 Å². The quantitative estimate of drug-likeness (QED) is 0.781. The number of nitrogens with zero attached hydrogens (tertiary/aromatic N) is 3. The second-order valence-electron chi connectivity index (χ2n) is 4.93. The zero-order valence-electron chi connectivity index (χ0n) is 8.99. The summed E-state index contributed by atoms with van der Waals surface area (Å²) in [6, 6.07) is 0.606. The predicted molar refractivity (Wildman–Crippen MR) is 62.8 cm³/mol. The number of piperidine rings is 1. The summed E-state index contributed by atoms with van der Waals surface area (Å²) in [6.07, 6.45) is 9.25. The molecule has 1 aromatic rings. The molecule has 3 nitrogen and oxygen atoms in total. The summed E-state index contributed by atoms with van der Waals surface area (Å²) in [5.74, 6) is 0. The molecule has 0 bridgehead atoms. The van der Waals surface area contributed by atoms with Crippen molar-refractivity contribution in [3.63, 3.8) is 0 Å². The van der Waals surface area contributed by atoms with Crippen LogP contribution >= 0.6 is 15.9 Å². The van der Waals surface area contributed by atoms with E-state index < -0.39 is 0 Å². The molecule has 0 radical (unpaired) electrons. The Morgan fingerprint density at radius 3 is 2.93 bits per heavy atom. The Hall–Kier alpha value is -0.350. The topological polar surface area (TPSA) is 21.1 Å². The molecule has 2 aliphatic rings. The fourth-order valence-electron chi connectivity index (χ4n) is 2.75. The Balaban J connectivity index is 1.79. The maximum absolute atomic E-state index is 4.41. The van der Waals surface area contributed by atoms with Gasteiger partial charge in [0.05, 0.1) is 16.7 Å². The molecule has 82 valence electrons. The van der Waals surface area contributed by atoms with Gasteiger partial charge in [-0.15, -0.1) is 0 Å². The largest absolute Gasteiger partial charge is 0.301 e. The van der Waals surface area contributed by atoms with Crippen molar-refractivity contribution in [1.29, 1.82) is 0 Å². The van der Waals surface area contributed by atoms with Gasteiger partial charge < -0.3 is 4.90 Å². The highest BCUT2D eigenvalue weighted by molar-refractivity contribution is 9.10. The lowest BCUT2D eigenvalue weighted by atomic mass is 9.96. The normalized spacial score (nSPS) is 29.6. The number of hydrogen-bond acceptors (Lipinski definition) is 2. The smallest absolute Gasteiger partial charge is 0.0632 e. The van der Waals surface area contributed by atoms with Crippen LogP contribution in [0, 0.1) is 0 Å². The van der Waals surface area contributed by atoms with Gasteiger partial charge >= 0.3 is 0 Å². The number of aromatic nitrogens is 2. The number of rotatable bonds is 1. The molecule has 4 heteroatoms. The Kier molecular flexibility index (Phi) is 2.18. The van der Waals surface area contributed by atoms with Crippen LogP contribution in [-0.4, -0.2) is 33.8 Å². The van der Waals surface area contributed by atoms with Gasteiger partial charge in [-0.1, -0.05) is 0 Å². The third kappa shape index (κ3) is 1.64. The molecule has 2 fully saturated rings. The van der Waals surface area contributed by atoms with E-state index in [1.54, 1.807) is 0 Å². The summed E-state index contributed by atoms with van der Waals surface area (Å²) in [5, 5.41) is 4.41. The van der Waals surface area contributed by atoms with Crippen LogP contribution < -0.4 is 0 Å². The first-order valence-electron chi connectivity index (χ1n) is 5.61. The van der Waals surface area contributed by atoms with E-state index in [2.05, 4.69) is 43.9 Å². The maximum Gasteiger partial charge on any atom is 0.0632 e. The van der Waals surface area contributed by atoms with E-state index in [1.165, 1.54) is 32.2 Å². The summed E-state index contributed by atoms with van der Waals surface area (Å²) in [6.45, 7) is 1.21. The minimum Gasteiger partial charge on any atom is -0.301 e. The lowest BCUT2D eigenvalue weighted by molar-refractivity contribution is 0.121. The van der Waals surface area contributed by atoms with Crippen LogP contribution in [-0.2, 0) is 0 Å². The summed E-state index contributed by atoms with van der Waals surface area (Å²) >= 11 is 3.46. The molecule has 15 heavy (non-hydrogen) atoms. The molecular weight excluding hydrogens is 254 g/mol. The zero-order valence-corrected chi connectivity index (χ0v) is 10.6. The van der Waals surface area contributed by atoms with Crippen LogP contribution in [0.4, 0.5) is 0 Å². The molecular formula is C11H16BrN3. The molecule has 3 rings (SSSR count). The first-order valence-corrected chi connectivity index (χ1v) is 6.40. The fraction of sp³-hybridized carbons (Fsp3) is 0.727. The van der Waals surface area contributed by atoms with Crippen molar-refractivity contribution in [2.45, 2.75) is 37.3 Å². The van der Waals surface area contributed by atoms with Gasteiger partial charge in [-0.3, -0.25) is 4.68 Å². The molecule has 1 aliphatic carbocycles. The Morgan fingerprint density at radius 2 is 2.33 bits per heavy atom. The molecule has 1 spiro atoms. The van der Waals surface area contributed by atoms with Crippen molar-refractivity contribution in [2.75, 3.05) is 13.6 Å². The highest BCUT2D eigenvalue weighted by Gasteiger charge is 2.50. The van der Waals surface area contributed by atoms with Gasteiger partial charge in [-0.2, -0.15) is 5.10 Å². The lowest BCUT2D eigenvalue weighted by Crippen LogP contribution is -2.42. The summed E-state index contributed by atoms with van der Waals surface area (Å²) in [5.41, 5.74) is 0.529. The lowest BCUT2D eigenvalue weighted by Gasteiger charge is -2.37. The summed E-state index contributed by atoms with van der Waals surface area (Å²) in [7, 11) is 2.27. The highest BCUT2D eigenvalue weighted by Crippen LogP contribution is 2.50. The second-order valence-corrected chi connectivity index (χ2v) is 5.85. The first kappa shape index (κ1) is 9.85. The van der Waals surface area contributed by atoms with E-state index in [4.69, 9.17) is 0 Å². The molecule has 2 heterocycles. The van der Waals surface area contributed by atoms with Crippen molar-refractivity contribution in [2.24, 2.45) is 0 Å². The maximum atomic E-state index is 4.41. The van der Waals surface area contributed by atoms with Crippen LogP contribution in [0.25, 0.3) is 0 Å². The number of halogens is 1. The molecule has 1 aromatic heterocycles. The zero-order chi connectivity index (χ0) is 10.5. The van der Waals surface area contributed by atoms with Crippen LogP contribution in [0.5, 0.6) is 0 Å². The van der Waals surface area contributed by atoms with Gasteiger partial charge in [0.15, 0.2) is 0 Å². The first-order chi connectivity index (χ1) is 7.20. The van der Waals surface area contributed by atoms with Crippen molar-refractivity contribution in [3.05, 3.63) is 16.9 Å². The fourth-order valence-corrected chi connectivity index (χ4v) is 3.05. The van der Waals surface area contributed by atoms with Gasteiger partial charge in [-0.05, 0) is 48.7 Å². The van der Waals surface area contributed by atoms with Gasteiger partial charge in [0, 0.05) is 18.3 Å². The molecule has 1 saturated heterocycles. The standard InChI is InChI=1S/C11H16BrN3/c1-14-5-2-10(6-11(14)3-4-11)15-8-9(12)7-13-15/h7-8,10H,2-6H2,1H3/t10-/m1/s1. The van der Waals surface area contributed by atoms with Crippen molar-refractivity contribution in [3.8, 4) is 0 Å². The van der Waals surface area contributed by atoms with Crippen LogP contribution in [0.15, 0.2) is 16.9 Å². The Labute approximate surface area is 98.6 Å². The summed E-state index contributed by atoms with van der Waals surface area (Å²) < 4.78 is 3.23. The van der Waals surface area contributed by atoms with Crippen LogP contribution in [0.2, 0.25) is 0 Å². The highest BCUT2D eigenvalue weighted by atomic mass is 79.9. The van der Waals surface area contributed by atoms with E-state index in [0.29, 0.717) is 11.6 Å². The van der Waals surface area contributed by atoms with Crippen molar-refractivity contribution >= 4 is 15.9 Å².